The van der Waals surface area contributed by atoms with Crippen LogP contribution in [0.5, 0.6) is 0 Å². The summed E-state index contributed by atoms with van der Waals surface area (Å²) in [6, 6.07) is 8.68. The number of nitrogens with one attached hydrogen (secondary N) is 2. The fourth-order valence-electron chi connectivity index (χ4n) is 5.44. The van der Waals surface area contributed by atoms with Gasteiger partial charge in [-0.1, -0.05) is 12.1 Å². The monoisotopic (exact) mass is 552 g/mol. The summed E-state index contributed by atoms with van der Waals surface area (Å²) in [4.78, 5) is 56.9. The van der Waals surface area contributed by atoms with E-state index in [1.807, 2.05) is 38.3 Å². The molecule has 1 saturated heterocycles. The van der Waals surface area contributed by atoms with Crippen LogP contribution in [0.4, 0.5) is 10.5 Å². The lowest BCUT2D eigenvalue weighted by molar-refractivity contribution is -0.122. The molecule has 4 amide bonds. The molecule has 8 nitrogen and oxygen atoms in total. The normalized spacial score (nSPS) is 20.8. The first-order valence-electron chi connectivity index (χ1n) is 12.4. The van der Waals surface area contributed by atoms with Crippen LogP contribution in [0.25, 0.3) is 0 Å². The zero-order valence-corrected chi connectivity index (χ0v) is 23.7. The Morgan fingerprint density at radius 2 is 1.74 bits per heavy atom. The maximum absolute atomic E-state index is 14.4. The second-order valence-corrected chi connectivity index (χ2v) is 12.0. The van der Waals surface area contributed by atoms with Gasteiger partial charge in [0.1, 0.15) is 6.04 Å². The number of Topliss-reactive ketones (excluding diaryl/α,β-unsaturated/α-hetero) is 1. The van der Waals surface area contributed by atoms with Crippen LogP contribution in [0.3, 0.4) is 0 Å². The van der Waals surface area contributed by atoms with Crippen molar-refractivity contribution in [2.45, 2.75) is 52.6 Å². The molecule has 1 aromatic carbocycles. The maximum atomic E-state index is 14.4. The highest BCUT2D eigenvalue weighted by Gasteiger charge is 2.57. The van der Waals surface area contributed by atoms with E-state index in [4.69, 9.17) is 5.73 Å². The minimum Gasteiger partial charge on any atom is -0.368 e. The number of nitrogens with zero attached hydrogens (tertiary/aromatic N) is 1. The Morgan fingerprint density at radius 1 is 1.05 bits per heavy atom. The number of thiophene rings is 2. The van der Waals surface area contributed by atoms with Crippen LogP contribution >= 0.6 is 22.7 Å². The molecule has 3 aromatic rings. The minimum absolute atomic E-state index is 0.126. The van der Waals surface area contributed by atoms with E-state index in [0.717, 1.165) is 20.2 Å². The van der Waals surface area contributed by atoms with E-state index in [9.17, 15) is 19.2 Å². The van der Waals surface area contributed by atoms with Gasteiger partial charge < -0.3 is 21.3 Å². The van der Waals surface area contributed by atoms with Crippen molar-refractivity contribution in [2.24, 2.45) is 11.7 Å². The standard InChI is InChI=1S/C28H32N4O4S2/c1-6-30-28(36)32-23(26-14(2)11-12-37-26)22(25(34)20-13-15(3)38-16(20)4)21(24(32)27(29)35)18-7-9-19(10-8-18)31-17(5)33/h7-13,21-24H,6H2,1-5H3,(H2,29,35)(H,30,36)(H,31,33). The van der Waals surface area contributed by atoms with Crippen LogP contribution in [-0.2, 0) is 9.59 Å². The SMILES string of the molecule is CCNC(=O)N1C(C(N)=O)C(c2ccc(NC(C)=O)cc2)C(C(=O)c2cc(C)sc2C)C1c1sccc1C. The molecule has 2 aromatic heterocycles. The predicted octanol–water partition coefficient (Wildman–Crippen LogP) is 4.92. The third-order valence-electron chi connectivity index (χ3n) is 6.92. The van der Waals surface area contributed by atoms with Gasteiger partial charge in [0.15, 0.2) is 5.78 Å². The largest absolute Gasteiger partial charge is 0.368 e. The van der Waals surface area contributed by atoms with Gasteiger partial charge in [0.25, 0.3) is 0 Å². The summed E-state index contributed by atoms with van der Waals surface area (Å²) in [6.07, 6.45) is 0. The number of carbonyl (C=O) groups is 4. The first kappa shape index (κ1) is 27.5. The van der Waals surface area contributed by atoms with Gasteiger partial charge in [-0.3, -0.25) is 14.4 Å². The second kappa shape index (κ2) is 11.1. The van der Waals surface area contributed by atoms with Crippen molar-refractivity contribution in [2.75, 3.05) is 11.9 Å². The maximum Gasteiger partial charge on any atom is 0.318 e. The average molecular weight is 553 g/mol. The van der Waals surface area contributed by atoms with Crippen molar-refractivity contribution in [3.8, 4) is 0 Å². The summed E-state index contributed by atoms with van der Waals surface area (Å²) in [5, 5.41) is 7.50. The number of nitrogens with two attached hydrogens (primary N) is 1. The average Bonchev–Trinajstić information content (AvgIpc) is 3.53. The summed E-state index contributed by atoms with van der Waals surface area (Å²) in [5.41, 5.74) is 8.83. The zero-order valence-electron chi connectivity index (χ0n) is 22.0. The van der Waals surface area contributed by atoms with Crippen molar-refractivity contribution in [1.82, 2.24) is 10.2 Å². The molecule has 1 aliphatic heterocycles. The van der Waals surface area contributed by atoms with E-state index in [2.05, 4.69) is 10.6 Å². The number of hydrogen-bond donors (Lipinski definition) is 3. The van der Waals surface area contributed by atoms with Crippen molar-refractivity contribution >= 4 is 52.0 Å². The third-order valence-corrected chi connectivity index (χ3v) is 8.97. The van der Waals surface area contributed by atoms with Crippen LogP contribution in [0.15, 0.2) is 41.8 Å². The molecule has 200 valence electrons. The Morgan fingerprint density at radius 3 is 2.24 bits per heavy atom. The number of amides is 4. The van der Waals surface area contributed by atoms with Crippen molar-refractivity contribution in [3.63, 3.8) is 0 Å². The van der Waals surface area contributed by atoms with Gasteiger partial charge in [-0.25, -0.2) is 4.79 Å². The molecule has 4 rings (SSSR count). The number of aryl methyl sites for hydroxylation is 3. The van der Waals surface area contributed by atoms with Gasteiger partial charge in [-0.15, -0.1) is 22.7 Å². The van der Waals surface area contributed by atoms with Gasteiger partial charge in [0, 0.05) is 45.3 Å². The Labute approximate surface area is 230 Å². The number of likely N-dealkylation sites (tertiary alicyclic amines) is 1. The lowest BCUT2D eigenvalue weighted by Gasteiger charge is -2.30. The predicted molar refractivity (Wildman–Crippen MR) is 151 cm³/mol. The highest BCUT2D eigenvalue weighted by molar-refractivity contribution is 7.12. The highest BCUT2D eigenvalue weighted by Crippen LogP contribution is 2.53. The Kier molecular flexibility index (Phi) is 8.03. The van der Waals surface area contributed by atoms with Crippen LogP contribution in [0, 0.1) is 26.7 Å². The molecule has 1 aliphatic rings. The molecule has 0 bridgehead atoms. The fourth-order valence-corrected chi connectivity index (χ4v) is 7.44. The van der Waals surface area contributed by atoms with Crippen LogP contribution in [0.2, 0.25) is 0 Å². The van der Waals surface area contributed by atoms with Crippen LogP contribution in [0.1, 0.15) is 61.9 Å². The van der Waals surface area contributed by atoms with E-state index in [1.165, 1.54) is 23.2 Å². The molecule has 0 saturated carbocycles. The zero-order chi connectivity index (χ0) is 27.7. The van der Waals surface area contributed by atoms with Gasteiger partial charge in [0.05, 0.1) is 12.0 Å². The lowest BCUT2D eigenvalue weighted by Crippen LogP contribution is -2.50. The van der Waals surface area contributed by atoms with Crippen molar-refractivity contribution < 1.29 is 19.2 Å². The summed E-state index contributed by atoms with van der Waals surface area (Å²) in [6.45, 7) is 9.39. The molecule has 3 heterocycles. The van der Waals surface area contributed by atoms with Crippen molar-refractivity contribution in [3.05, 3.63) is 73.1 Å². The number of anilines is 1. The molecule has 10 heteroatoms. The van der Waals surface area contributed by atoms with E-state index in [0.29, 0.717) is 23.4 Å². The molecular weight excluding hydrogens is 520 g/mol. The van der Waals surface area contributed by atoms with Gasteiger partial charge in [-0.05, 0) is 68.5 Å². The van der Waals surface area contributed by atoms with Gasteiger partial charge >= 0.3 is 6.03 Å². The van der Waals surface area contributed by atoms with Crippen LogP contribution < -0.4 is 16.4 Å². The first-order valence-corrected chi connectivity index (χ1v) is 14.1. The topological polar surface area (TPSA) is 122 Å². The molecule has 4 N–H and O–H groups in total. The number of primary amides is 1. The molecule has 0 spiro atoms. The Hall–Kier alpha value is -3.50. The molecule has 0 aliphatic carbocycles. The van der Waals surface area contributed by atoms with Crippen LogP contribution in [-0.4, -0.2) is 41.1 Å². The number of rotatable bonds is 7. The molecule has 4 unspecified atom stereocenters. The smallest absolute Gasteiger partial charge is 0.318 e. The summed E-state index contributed by atoms with van der Waals surface area (Å²) < 4.78 is 0. The van der Waals surface area contributed by atoms with Gasteiger partial charge in [-0.2, -0.15) is 0 Å². The number of urea groups is 1. The molecular formula is C28H32N4O4S2. The number of carbonyl (C=O) groups excluding carboxylic acids is 4. The number of ketones is 1. The first-order chi connectivity index (χ1) is 18.0. The molecule has 38 heavy (non-hydrogen) atoms. The summed E-state index contributed by atoms with van der Waals surface area (Å²) >= 11 is 3.00. The molecule has 1 fully saturated rings. The third kappa shape index (κ3) is 5.10. The summed E-state index contributed by atoms with van der Waals surface area (Å²) in [5.74, 6) is -2.47. The van der Waals surface area contributed by atoms with E-state index in [1.54, 1.807) is 42.5 Å². The number of hydrogen-bond acceptors (Lipinski definition) is 6. The minimum atomic E-state index is -1.06. The fraction of sp³-hybridized carbons (Fsp3) is 0.357. The number of benzene rings is 1. The molecule has 4 atom stereocenters. The molecule has 0 radical (unpaired) electrons. The quantitative estimate of drug-likeness (QED) is 0.360. The van der Waals surface area contributed by atoms with E-state index < -0.39 is 35.9 Å². The second-order valence-electron chi connectivity index (χ2n) is 9.55. The Balaban J connectivity index is 1.96. The van der Waals surface area contributed by atoms with E-state index >= 15 is 0 Å². The highest BCUT2D eigenvalue weighted by atomic mass is 32.1. The van der Waals surface area contributed by atoms with Gasteiger partial charge in [0.2, 0.25) is 11.8 Å². The summed E-state index contributed by atoms with van der Waals surface area (Å²) in [7, 11) is 0. The Bertz CT molecular complexity index is 1380. The van der Waals surface area contributed by atoms with Crippen molar-refractivity contribution in [1.29, 1.82) is 0 Å². The lowest BCUT2D eigenvalue weighted by atomic mass is 9.76. The van der Waals surface area contributed by atoms with E-state index in [-0.39, 0.29) is 11.7 Å².